The maximum atomic E-state index is 13.4. The highest BCUT2D eigenvalue weighted by Crippen LogP contribution is 2.25. The molecule has 0 aliphatic carbocycles. The lowest BCUT2D eigenvalue weighted by molar-refractivity contribution is 0.118. The van der Waals surface area contributed by atoms with E-state index in [1.54, 1.807) is 11.2 Å². The van der Waals surface area contributed by atoms with Gasteiger partial charge >= 0.3 is 0 Å². The Hall–Kier alpha value is -0.980. The largest absolute Gasteiger partial charge is 0.300 e. The SMILES string of the molecule is Cc1cc(S(=O)(=O)N2CCC(N3CCCCC3)CC2)ccc1F. The van der Waals surface area contributed by atoms with Crippen LogP contribution in [0.15, 0.2) is 23.1 Å². The van der Waals surface area contributed by atoms with Crippen LogP contribution in [0.3, 0.4) is 0 Å². The van der Waals surface area contributed by atoms with Crippen molar-refractivity contribution in [3.05, 3.63) is 29.6 Å². The van der Waals surface area contributed by atoms with E-state index in [1.165, 1.54) is 37.5 Å². The predicted octanol–water partition coefficient (Wildman–Crippen LogP) is 2.77. The summed E-state index contributed by atoms with van der Waals surface area (Å²) in [7, 11) is -3.51. The van der Waals surface area contributed by atoms with E-state index in [9.17, 15) is 12.8 Å². The molecule has 0 bridgehead atoms. The second-order valence-electron chi connectivity index (χ2n) is 6.64. The number of benzene rings is 1. The van der Waals surface area contributed by atoms with Gasteiger partial charge in [0.2, 0.25) is 10.0 Å². The van der Waals surface area contributed by atoms with Crippen molar-refractivity contribution in [2.45, 2.75) is 50.0 Å². The van der Waals surface area contributed by atoms with Gasteiger partial charge < -0.3 is 4.90 Å². The quantitative estimate of drug-likeness (QED) is 0.849. The Morgan fingerprint density at radius 1 is 1.04 bits per heavy atom. The molecule has 0 amide bonds. The molecule has 0 N–H and O–H groups in total. The molecule has 3 rings (SSSR count). The Bertz CT molecular complexity index is 649. The minimum absolute atomic E-state index is 0.202. The van der Waals surface area contributed by atoms with Gasteiger partial charge in [0.1, 0.15) is 5.82 Å². The summed E-state index contributed by atoms with van der Waals surface area (Å²) in [4.78, 5) is 2.73. The molecule has 0 radical (unpaired) electrons. The van der Waals surface area contributed by atoms with Gasteiger partial charge in [-0.05, 0) is 69.5 Å². The molecule has 0 spiro atoms. The number of likely N-dealkylation sites (tertiary alicyclic amines) is 1. The van der Waals surface area contributed by atoms with E-state index in [0.29, 0.717) is 24.7 Å². The molecular weight excluding hydrogens is 315 g/mol. The summed E-state index contributed by atoms with van der Waals surface area (Å²) in [5, 5.41) is 0. The van der Waals surface area contributed by atoms with Crippen LogP contribution >= 0.6 is 0 Å². The zero-order valence-corrected chi connectivity index (χ0v) is 14.5. The van der Waals surface area contributed by atoms with Crippen molar-refractivity contribution in [2.24, 2.45) is 0 Å². The van der Waals surface area contributed by atoms with Gasteiger partial charge in [-0.1, -0.05) is 6.42 Å². The molecule has 0 atom stereocenters. The first-order valence-corrected chi connectivity index (χ1v) is 9.93. The Labute approximate surface area is 138 Å². The lowest BCUT2D eigenvalue weighted by Crippen LogP contribution is -2.48. The highest BCUT2D eigenvalue weighted by atomic mass is 32.2. The monoisotopic (exact) mass is 340 g/mol. The summed E-state index contributed by atoms with van der Waals surface area (Å²) in [5.41, 5.74) is 0.370. The van der Waals surface area contributed by atoms with Crippen LogP contribution in [0.4, 0.5) is 4.39 Å². The van der Waals surface area contributed by atoms with E-state index in [0.717, 1.165) is 25.9 Å². The van der Waals surface area contributed by atoms with Gasteiger partial charge in [-0.15, -0.1) is 0 Å². The maximum Gasteiger partial charge on any atom is 0.243 e. The van der Waals surface area contributed by atoms with Gasteiger partial charge in [0, 0.05) is 19.1 Å². The van der Waals surface area contributed by atoms with E-state index in [1.807, 2.05) is 0 Å². The number of sulfonamides is 1. The van der Waals surface area contributed by atoms with Crippen LogP contribution in [0.1, 0.15) is 37.7 Å². The summed E-state index contributed by atoms with van der Waals surface area (Å²) < 4.78 is 40.4. The van der Waals surface area contributed by atoms with Gasteiger partial charge in [-0.3, -0.25) is 0 Å². The number of aryl methyl sites for hydroxylation is 1. The zero-order valence-electron chi connectivity index (χ0n) is 13.7. The molecule has 4 nitrogen and oxygen atoms in total. The Morgan fingerprint density at radius 2 is 1.70 bits per heavy atom. The second-order valence-corrected chi connectivity index (χ2v) is 8.58. The molecule has 2 heterocycles. The fourth-order valence-corrected chi connectivity index (χ4v) is 5.21. The number of nitrogens with zero attached hydrogens (tertiary/aromatic N) is 2. The smallest absolute Gasteiger partial charge is 0.243 e. The van der Waals surface area contributed by atoms with Gasteiger partial charge in [0.25, 0.3) is 0 Å². The lowest BCUT2D eigenvalue weighted by atomic mass is 10.0. The minimum atomic E-state index is -3.51. The van der Waals surface area contributed by atoms with Crippen LogP contribution in [0, 0.1) is 12.7 Å². The molecule has 6 heteroatoms. The number of hydrogen-bond acceptors (Lipinski definition) is 3. The highest BCUT2D eigenvalue weighted by Gasteiger charge is 2.32. The molecule has 2 saturated heterocycles. The van der Waals surface area contributed by atoms with Crippen LogP contribution in [-0.4, -0.2) is 49.8 Å². The lowest BCUT2D eigenvalue weighted by Gasteiger charge is -2.39. The molecule has 2 aliphatic heterocycles. The summed E-state index contributed by atoms with van der Waals surface area (Å²) in [5.74, 6) is -0.368. The highest BCUT2D eigenvalue weighted by molar-refractivity contribution is 7.89. The van der Waals surface area contributed by atoms with Crippen LogP contribution in [-0.2, 0) is 10.0 Å². The third kappa shape index (κ3) is 3.59. The van der Waals surface area contributed by atoms with Crippen LogP contribution in [0.2, 0.25) is 0 Å². The number of rotatable bonds is 3. The number of piperidine rings is 2. The Kier molecular flexibility index (Phi) is 5.04. The van der Waals surface area contributed by atoms with Gasteiger partial charge in [0.05, 0.1) is 4.90 Å². The molecule has 0 aromatic heterocycles. The van der Waals surface area contributed by atoms with E-state index in [-0.39, 0.29) is 10.7 Å². The molecular formula is C17H25FN2O2S. The Balaban J connectivity index is 1.67. The molecule has 0 saturated carbocycles. The van der Waals surface area contributed by atoms with Crippen LogP contribution in [0.5, 0.6) is 0 Å². The molecule has 23 heavy (non-hydrogen) atoms. The van der Waals surface area contributed by atoms with Crippen LogP contribution in [0.25, 0.3) is 0 Å². The minimum Gasteiger partial charge on any atom is -0.300 e. The van der Waals surface area contributed by atoms with Crippen molar-refractivity contribution in [1.29, 1.82) is 0 Å². The predicted molar refractivity (Wildman–Crippen MR) is 88.3 cm³/mol. The first kappa shape index (κ1) is 16.9. The summed E-state index contributed by atoms with van der Waals surface area (Å²) >= 11 is 0. The molecule has 128 valence electrons. The topological polar surface area (TPSA) is 40.6 Å². The zero-order chi connectivity index (χ0) is 16.4. The first-order valence-electron chi connectivity index (χ1n) is 8.49. The summed E-state index contributed by atoms with van der Waals surface area (Å²) in [6.45, 7) is 5.00. The molecule has 2 aliphatic rings. The van der Waals surface area contributed by atoms with E-state index in [2.05, 4.69) is 4.90 Å². The van der Waals surface area contributed by atoms with Crippen molar-refractivity contribution in [2.75, 3.05) is 26.2 Å². The first-order chi connectivity index (χ1) is 11.0. The standard InChI is InChI=1S/C17H25FN2O2S/c1-14-13-16(5-6-17(14)18)23(21,22)20-11-7-15(8-12-20)19-9-3-2-4-10-19/h5-6,13,15H,2-4,7-12H2,1H3. The average molecular weight is 340 g/mol. The third-order valence-electron chi connectivity index (χ3n) is 5.10. The van der Waals surface area contributed by atoms with Crippen molar-refractivity contribution >= 4 is 10.0 Å². The number of halogens is 1. The van der Waals surface area contributed by atoms with Crippen molar-refractivity contribution in [1.82, 2.24) is 9.21 Å². The fourth-order valence-electron chi connectivity index (χ4n) is 3.66. The van der Waals surface area contributed by atoms with Gasteiger partial charge in [-0.25, -0.2) is 12.8 Å². The van der Waals surface area contributed by atoms with E-state index >= 15 is 0 Å². The van der Waals surface area contributed by atoms with Crippen molar-refractivity contribution in [3.8, 4) is 0 Å². The van der Waals surface area contributed by atoms with Crippen molar-refractivity contribution in [3.63, 3.8) is 0 Å². The third-order valence-corrected chi connectivity index (χ3v) is 6.99. The normalized spacial score (nSPS) is 22.3. The average Bonchev–Trinajstić information content (AvgIpc) is 2.58. The van der Waals surface area contributed by atoms with E-state index in [4.69, 9.17) is 0 Å². The molecule has 1 aromatic rings. The van der Waals surface area contributed by atoms with Crippen LogP contribution < -0.4 is 0 Å². The van der Waals surface area contributed by atoms with Gasteiger partial charge in [0.15, 0.2) is 0 Å². The summed E-state index contributed by atoms with van der Waals surface area (Å²) in [6, 6.07) is 4.55. The molecule has 2 fully saturated rings. The number of hydrogen-bond donors (Lipinski definition) is 0. The van der Waals surface area contributed by atoms with Crippen molar-refractivity contribution < 1.29 is 12.8 Å². The Morgan fingerprint density at radius 3 is 2.30 bits per heavy atom. The van der Waals surface area contributed by atoms with E-state index < -0.39 is 10.0 Å². The molecule has 0 unspecified atom stereocenters. The maximum absolute atomic E-state index is 13.4. The fraction of sp³-hybridized carbons (Fsp3) is 0.647. The second kappa shape index (κ2) is 6.87. The van der Waals surface area contributed by atoms with Gasteiger partial charge in [-0.2, -0.15) is 4.31 Å². The molecule has 1 aromatic carbocycles. The summed E-state index contributed by atoms with van der Waals surface area (Å²) in [6.07, 6.45) is 5.60.